The van der Waals surface area contributed by atoms with Crippen molar-refractivity contribution in [1.29, 1.82) is 0 Å². The molecule has 0 aliphatic heterocycles. The topological polar surface area (TPSA) is 9.86 Å². The van der Waals surface area contributed by atoms with Crippen molar-refractivity contribution in [1.82, 2.24) is 9.13 Å². The largest absolute Gasteiger partial charge is 0.309 e. The SMILES string of the molecule is C1=CC(c2cccc(-n3c4ccccc4c4cc(-c5ccc6c(c5)c5ccccc5n6-c5ccc(-c6ccc(-c7ccccc7)cc6)cc5)ccc43)c2)=CCC1. The molecule has 1 aliphatic carbocycles. The molecular weight excluding hydrogens is 677 g/mol. The van der Waals surface area contributed by atoms with Crippen LogP contribution in [0.15, 0.2) is 206 Å². The fourth-order valence-corrected chi connectivity index (χ4v) is 8.80. The summed E-state index contributed by atoms with van der Waals surface area (Å²) in [5.74, 6) is 0. The highest BCUT2D eigenvalue weighted by atomic mass is 15.0. The Bertz CT molecular complexity index is 3150. The maximum Gasteiger partial charge on any atom is 0.0541 e. The van der Waals surface area contributed by atoms with Gasteiger partial charge in [-0.05, 0) is 118 Å². The quantitative estimate of drug-likeness (QED) is 0.162. The number of benzene rings is 8. The highest BCUT2D eigenvalue weighted by Crippen LogP contribution is 2.39. The van der Waals surface area contributed by atoms with Gasteiger partial charge < -0.3 is 9.13 Å². The van der Waals surface area contributed by atoms with Gasteiger partial charge in [0, 0.05) is 32.9 Å². The number of fused-ring (bicyclic) bond motifs is 6. The maximum atomic E-state index is 2.42. The Morgan fingerprint density at radius 2 is 0.786 bits per heavy atom. The molecule has 0 atom stereocenters. The normalized spacial score (nSPS) is 12.9. The van der Waals surface area contributed by atoms with Crippen molar-refractivity contribution in [3.05, 3.63) is 212 Å². The van der Waals surface area contributed by atoms with E-state index in [1.807, 2.05) is 0 Å². The van der Waals surface area contributed by atoms with Gasteiger partial charge in [-0.2, -0.15) is 0 Å². The number of aromatic nitrogens is 2. The fraction of sp³-hybridized carbons (Fsp3) is 0.0370. The van der Waals surface area contributed by atoms with E-state index in [2.05, 4.69) is 215 Å². The molecular formula is C54H38N2. The third-order valence-electron chi connectivity index (χ3n) is 11.6. The molecule has 264 valence electrons. The van der Waals surface area contributed by atoms with Crippen molar-refractivity contribution in [3.63, 3.8) is 0 Å². The van der Waals surface area contributed by atoms with E-state index in [-0.39, 0.29) is 0 Å². The van der Waals surface area contributed by atoms with E-state index < -0.39 is 0 Å². The Morgan fingerprint density at radius 3 is 1.38 bits per heavy atom. The van der Waals surface area contributed by atoms with Gasteiger partial charge in [0.1, 0.15) is 0 Å². The molecule has 2 heterocycles. The number of hydrogen-bond donors (Lipinski definition) is 0. The Labute approximate surface area is 326 Å². The third-order valence-corrected chi connectivity index (χ3v) is 11.6. The summed E-state index contributed by atoms with van der Waals surface area (Å²) < 4.78 is 4.83. The van der Waals surface area contributed by atoms with Crippen molar-refractivity contribution >= 4 is 49.2 Å². The number of hydrogen-bond acceptors (Lipinski definition) is 0. The lowest BCUT2D eigenvalue weighted by Gasteiger charge is -2.12. The maximum absolute atomic E-state index is 2.42. The van der Waals surface area contributed by atoms with E-state index in [1.54, 1.807) is 0 Å². The summed E-state index contributed by atoms with van der Waals surface area (Å²) in [4.78, 5) is 0. The van der Waals surface area contributed by atoms with Gasteiger partial charge in [0.05, 0.1) is 22.1 Å². The smallest absolute Gasteiger partial charge is 0.0541 e. The number of rotatable bonds is 6. The Balaban J connectivity index is 0.975. The van der Waals surface area contributed by atoms with Gasteiger partial charge in [-0.3, -0.25) is 0 Å². The van der Waals surface area contributed by atoms with Crippen LogP contribution >= 0.6 is 0 Å². The molecule has 0 saturated heterocycles. The monoisotopic (exact) mass is 714 g/mol. The Morgan fingerprint density at radius 1 is 0.304 bits per heavy atom. The van der Waals surface area contributed by atoms with Gasteiger partial charge in [-0.25, -0.2) is 0 Å². The molecule has 11 rings (SSSR count). The molecule has 0 unspecified atom stereocenters. The second kappa shape index (κ2) is 13.3. The molecule has 0 amide bonds. The molecule has 0 N–H and O–H groups in total. The van der Waals surface area contributed by atoms with Crippen LogP contribution in [0.4, 0.5) is 0 Å². The molecule has 2 nitrogen and oxygen atoms in total. The van der Waals surface area contributed by atoms with Gasteiger partial charge in [0.25, 0.3) is 0 Å². The standard InChI is InChI=1S/C54H38N2/c1-3-12-37(13-4-1)39-22-24-40(25-23-39)41-26-30-45(31-27-41)55-51-20-9-7-18-47(51)49-35-43(28-32-53(49)55)44-29-33-54-50(36-44)48-19-8-10-21-52(48)56(54)46-17-11-16-42(34-46)38-14-5-2-6-15-38/h1,3-5,7-36H,2,6H2. The zero-order valence-electron chi connectivity index (χ0n) is 30.9. The summed E-state index contributed by atoms with van der Waals surface area (Å²) >= 11 is 0. The molecule has 1 aliphatic rings. The highest BCUT2D eigenvalue weighted by molar-refractivity contribution is 6.12. The van der Waals surface area contributed by atoms with E-state index in [1.165, 1.54) is 93.8 Å². The molecule has 0 fully saturated rings. The van der Waals surface area contributed by atoms with Gasteiger partial charge in [0.2, 0.25) is 0 Å². The Kier molecular flexibility index (Phi) is 7.67. The lowest BCUT2D eigenvalue weighted by molar-refractivity contribution is 1.04. The van der Waals surface area contributed by atoms with Crippen LogP contribution in [0.5, 0.6) is 0 Å². The van der Waals surface area contributed by atoms with Crippen LogP contribution in [0.3, 0.4) is 0 Å². The van der Waals surface area contributed by atoms with Crippen molar-refractivity contribution in [3.8, 4) is 44.8 Å². The predicted molar refractivity (Wildman–Crippen MR) is 238 cm³/mol. The molecule has 0 radical (unpaired) electrons. The molecule has 8 aromatic carbocycles. The first-order valence-corrected chi connectivity index (χ1v) is 19.6. The number of nitrogens with zero attached hydrogens (tertiary/aromatic N) is 2. The fourth-order valence-electron chi connectivity index (χ4n) is 8.80. The van der Waals surface area contributed by atoms with Crippen molar-refractivity contribution in [2.24, 2.45) is 0 Å². The van der Waals surface area contributed by atoms with E-state index >= 15 is 0 Å². The minimum atomic E-state index is 1.10. The van der Waals surface area contributed by atoms with E-state index in [0.717, 1.165) is 18.5 Å². The van der Waals surface area contributed by atoms with Crippen LogP contribution in [-0.4, -0.2) is 9.13 Å². The Hall–Kier alpha value is -7.16. The van der Waals surface area contributed by atoms with Gasteiger partial charge in [-0.1, -0.05) is 146 Å². The van der Waals surface area contributed by atoms with Gasteiger partial charge in [0.15, 0.2) is 0 Å². The van der Waals surface area contributed by atoms with Crippen molar-refractivity contribution in [2.45, 2.75) is 12.8 Å². The minimum Gasteiger partial charge on any atom is -0.309 e. The van der Waals surface area contributed by atoms with E-state index in [0.29, 0.717) is 0 Å². The van der Waals surface area contributed by atoms with Crippen LogP contribution < -0.4 is 0 Å². The van der Waals surface area contributed by atoms with E-state index in [4.69, 9.17) is 0 Å². The predicted octanol–water partition coefficient (Wildman–Crippen LogP) is 14.6. The first-order valence-electron chi connectivity index (χ1n) is 19.6. The van der Waals surface area contributed by atoms with Gasteiger partial charge >= 0.3 is 0 Å². The summed E-state index contributed by atoms with van der Waals surface area (Å²) in [5, 5.41) is 5.03. The van der Waals surface area contributed by atoms with Crippen LogP contribution in [0.25, 0.3) is 93.9 Å². The molecule has 10 aromatic rings. The summed E-state index contributed by atoms with van der Waals surface area (Å²) in [6.45, 7) is 0. The summed E-state index contributed by atoms with van der Waals surface area (Å²) in [6.07, 6.45) is 9.11. The van der Waals surface area contributed by atoms with Gasteiger partial charge in [-0.15, -0.1) is 0 Å². The lowest BCUT2D eigenvalue weighted by atomic mass is 9.99. The molecule has 56 heavy (non-hydrogen) atoms. The second-order valence-electron chi connectivity index (χ2n) is 14.8. The molecule has 2 aromatic heterocycles. The third kappa shape index (κ3) is 5.41. The van der Waals surface area contributed by atoms with Crippen LogP contribution in [0, 0.1) is 0 Å². The van der Waals surface area contributed by atoms with Crippen molar-refractivity contribution < 1.29 is 0 Å². The second-order valence-corrected chi connectivity index (χ2v) is 14.8. The van der Waals surface area contributed by atoms with Crippen LogP contribution in [-0.2, 0) is 0 Å². The summed E-state index contributed by atoms with van der Waals surface area (Å²) in [7, 11) is 0. The first-order chi connectivity index (χ1) is 27.8. The average Bonchev–Trinajstić information content (AvgIpc) is 3.79. The zero-order valence-corrected chi connectivity index (χ0v) is 30.9. The number of para-hydroxylation sites is 2. The van der Waals surface area contributed by atoms with Crippen LogP contribution in [0.1, 0.15) is 18.4 Å². The first kappa shape index (κ1) is 32.3. The minimum absolute atomic E-state index is 1.10. The molecule has 0 saturated carbocycles. The molecule has 0 bridgehead atoms. The summed E-state index contributed by atoms with van der Waals surface area (Å²) in [6, 6.07) is 68.9. The van der Waals surface area contributed by atoms with Crippen molar-refractivity contribution in [2.75, 3.05) is 0 Å². The number of allylic oxidation sites excluding steroid dienone is 4. The molecule has 0 spiro atoms. The van der Waals surface area contributed by atoms with E-state index in [9.17, 15) is 0 Å². The van der Waals surface area contributed by atoms with Crippen LogP contribution in [0.2, 0.25) is 0 Å². The summed E-state index contributed by atoms with van der Waals surface area (Å²) in [5.41, 5.74) is 17.1. The zero-order chi connectivity index (χ0) is 37.0. The lowest BCUT2D eigenvalue weighted by Crippen LogP contribution is -1.95. The highest BCUT2D eigenvalue weighted by Gasteiger charge is 2.17. The average molecular weight is 715 g/mol. The molecule has 2 heteroatoms.